The molecule has 6 heteroatoms. The van der Waals surface area contributed by atoms with E-state index in [1.165, 1.54) is 18.2 Å². The fraction of sp³-hybridized carbons (Fsp3) is 0.444. The van der Waals surface area contributed by atoms with Gasteiger partial charge < -0.3 is 9.47 Å². The van der Waals surface area contributed by atoms with Crippen LogP contribution in [0, 0.1) is 5.82 Å². The van der Waals surface area contributed by atoms with Crippen molar-refractivity contribution in [1.29, 1.82) is 0 Å². The topological polar surface area (TPSA) is 38.1 Å². The Hall–Kier alpha value is -1.88. The molecule has 4 nitrogen and oxygen atoms in total. The Bertz CT molecular complexity index is 723. The molecule has 1 atom stereocenters. The zero-order valence-electron chi connectivity index (χ0n) is 13.9. The number of piperidine rings is 1. The number of hydrogen-bond donors (Lipinski definition) is 0. The zero-order valence-corrected chi connectivity index (χ0v) is 14.6. The van der Waals surface area contributed by atoms with Gasteiger partial charge >= 0.3 is 0 Å². The average Bonchev–Trinajstić information content (AvgIpc) is 3.03. The van der Waals surface area contributed by atoms with Gasteiger partial charge in [0, 0.05) is 48.0 Å². The fourth-order valence-electron chi connectivity index (χ4n) is 3.31. The van der Waals surface area contributed by atoms with Crippen LogP contribution in [0.5, 0.6) is 0 Å². The lowest BCUT2D eigenvalue weighted by Gasteiger charge is -2.33. The molecule has 1 saturated heterocycles. The third kappa shape index (κ3) is 3.46. The number of amides is 1. The Labute approximate surface area is 146 Å². The summed E-state index contributed by atoms with van der Waals surface area (Å²) in [6.45, 7) is 5.50. The van der Waals surface area contributed by atoms with Crippen LogP contribution >= 0.6 is 11.6 Å². The van der Waals surface area contributed by atoms with E-state index < -0.39 is 5.82 Å². The maximum absolute atomic E-state index is 13.5. The highest BCUT2D eigenvalue weighted by atomic mass is 35.5. The van der Waals surface area contributed by atoms with E-state index in [2.05, 4.69) is 23.4 Å². The van der Waals surface area contributed by atoms with E-state index in [9.17, 15) is 9.18 Å². The first-order chi connectivity index (χ1) is 11.5. The second kappa shape index (κ2) is 6.93. The van der Waals surface area contributed by atoms with Crippen LogP contribution in [0.3, 0.4) is 0 Å². The highest BCUT2D eigenvalue weighted by molar-refractivity contribution is 6.31. The van der Waals surface area contributed by atoms with Crippen molar-refractivity contribution in [3.63, 3.8) is 0 Å². The summed E-state index contributed by atoms with van der Waals surface area (Å²) >= 11 is 5.87. The first-order valence-corrected chi connectivity index (χ1v) is 8.61. The van der Waals surface area contributed by atoms with Crippen molar-refractivity contribution in [2.75, 3.05) is 13.1 Å². The van der Waals surface area contributed by atoms with Crippen LogP contribution in [0.25, 0.3) is 0 Å². The summed E-state index contributed by atoms with van der Waals surface area (Å²) in [5.74, 6) is 0.544. The van der Waals surface area contributed by atoms with Crippen molar-refractivity contribution in [3.05, 3.63) is 52.8 Å². The van der Waals surface area contributed by atoms with Gasteiger partial charge in [0.25, 0.3) is 5.91 Å². The first-order valence-electron chi connectivity index (χ1n) is 8.24. The number of carbonyl (C=O) groups excluding carboxylic acids is 1. The Morgan fingerprint density at radius 3 is 2.88 bits per heavy atom. The monoisotopic (exact) mass is 349 g/mol. The summed E-state index contributed by atoms with van der Waals surface area (Å²) in [4.78, 5) is 19.0. The van der Waals surface area contributed by atoms with E-state index in [4.69, 9.17) is 11.6 Å². The first kappa shape index (κ1) is 17.0. The predicted octanol–water partition coefficient (Wildman–Crippen LogP) is 4.28. The maximum Gasteiger partial charge on any atom is 0.254 e. The van der Waals surface area contributed by atoms with Gasteiger partial charge in [-0.1, -0.05) is 11.6 Å². The molecule has 1 aliphatic rings. The molecule has 1 amide bonds. The third-order valence-electron chi connectivity index (χ3n) is 4.44. The van der Waals surface area contributed by atoms with Crippen LogP contribution in [0.2, 0.25) is 5.02 Å². The zero-order chi connectivity index (χ0) is 17.3. The van der Waals surface area contributed by atoms with E-state index >= 15 is 0 Å². The van der Waals surface area contributed by atoms with Crippen LogP contribution in [-0.2, 0) is 0 Å². The predicted molar refractivity (Wildman–Crippen MR) is 91.9 cm³/mol. The molecule has 128 valence electrons. The molecule has 0 saturated carbocycles. The quantitative estimate of drug-likeness (QED) is 0.829. The Kier molecular flexibility index (Phi) is 4.90. The lowest BCUT2D eigenvalue weighted by Crippen LogP contribution is -2.39. The molecule has 0 radical (unpaired) electrons. The van der Waals surface area contributed by atoms with Gasteiger partial charge in [-0.2, -0.15) is 0 Å². The van der Waals surface area contributed by atoms with Gasteiger partial charge in [-0.3, -0.25) is 4.79 Å². The van der Waals surface area contributed by atoms with Gasteiger partial charge in [0.15, 0.2) is 0 Å². The molecule has 0 spiro atoms. The van der Waals surface area contributed by atoms with Crippen molar-refractivity contribution in [2.24, 2.45) is 0 Å². The summed E-state index contributed by atoms with van der Waals surface area (Å²) in [5.41, 5.74) is 0.299. The van der Waals surface area contributed by atoms with Crippen molar-refractivity contribution in [1.82, 2.24) is 14.5 Å². The number of aromatic nitrogens is 2. The number of nitrogens with zero attached hydrogens (tertiary/aromatic N) is 3. The molecular weight excluding hydrogens is 329 g/mol. The van der Waals surface area contributed by atoms with Gasteiger partial charge in [0.1, 0.15) is 11.6 Å². The van der Waals surface area contributed by atoms with Crippen LogP contribution in [-0.4, -0.2) is 33.4 Å². The lowest BCUT2D eigenvalue weighted by molar-refractivity contribution is 0.0702. The molecule has 0 aliphatic carbocycles. The van der Waals surface area contributed by atoms with Crippen molar-refractivity contribution < 1.29 is 9.18 Å². The second-order valence-corrected chi connectivity index (χ2v) is 6.97. The largest absolute Gasteiger partial charge is 0.338 e. The number of rotatable bonds is 3. The Balaban J connectivity index is 1.80. The molecule has 1 aromatic carbocycles. The smallest absolute Gasteiger partial charge is 0.254 e. The van der Waals surface area contributed by atoms with Crippen LogP contribution < -0.4 is 0 Å². The van der Waals surface area contributed by atoms with Gasteiger partial charge in [-0.15, -0.1) is 0 Å². The lowest BCUT2D eigenvalue weighted by atomic mass is 9.96. The maximum atomic E-state index is 13.5. The molecule has 1 aliphatic heterocycles. The molecule has 1 unspecified atom stereocenters. The van der Waals surface area contributed by atoms with E-state index in [0.717, 1.165) is 18.7 Å². The number of imidazole rings is 1. The standard InChI is InChI=1S/C18H21ClFN3O/c1-12(2)23-7-5-21-17(23)13-4-3-6-22(11-13)18(24)14-8-15(19)10-16(20)9-14/h5,7-10,12-13H,3-4,6,11H2,1-2H3. The Morgan fingerprint density at radius 2 is 2.17 bits per heavy atom. The number of likely N-dealkylation sites (tertiary alicyclic amines) is 1. The van der Waals surface area contributed by atoms with Gasteiger partial charge in [-0.05, 0) is 44.9 Å². The minimum atomic E-state index is -0.491. The average molecular weight is 350 g/mol. The van der Waals surface area contributed by atoms with Crippen LogP contribution in [0.15, 0.2) is 30.6 Å². The van der Waals surface area contributed by atoms with Gasteiger partial charge in [0.05, 0.1) is 0 Å². The Morgan fingerprint density at radius 1 is 1.38 bits per heavy atom. The second-order valence-electron chi connectivity index (χ2n) is 6.53. The van der Waals surface area contributed by atoms with Crippen LogP contribution in [0.1, 0.15) is 54.8 Å². The molecular formula is C18H21ClFN3O. The molecule has 1 aromatic heterocycles. The van der Waals surface area contributed by atoms with E-state index in [-0.39, 0.29) is 16.8 Å². The molecule has 0 bridgehead atoms. The number of carbonyl (C=O) groups is 1. The molecule has 0 N–H and O–H groups in total. The summed E-state index contributed by atoms with van der Waals surface area (Å²) < 4.78 is 15.7. The summed E-state index contributed by atoms with van der Waals surface area (Å²) in [7, 11) is 0. The van der Waals surface area contributed by atoms with E-state index in [0.29, 0.717) is 24.7 Å². The molecule has 24 heavy (non-hydrogen) atoms. The molecule has 3 rings (SSSR count). The normalized spacial score (nSPS) is 18.2. The van der Waals surface area contributed by atoms with Crippen molar-refractivity contribution in [3.8, 4) is 0 Å². The molecule has 1 fully saturated rings. The number of hydrogen-bond acceptors (Lipinski definition) is 2. The number of benzene rings is 1. The minimum Gasteiger partial charge on any atom is -0.338 e. The summed E-state index contributed by atoms with van der Waals surface area (Å²) in [6.07, 6.45) is 5.69. The number of halogens is 2. The third-order valence-corrected chi connectivity index (χ3v) is 4.66. The molecule has 2 aromatic rings. The fourth-order valence-corrected chi connectivity index (χ4v) is 3.53. The van der Waals surface area contributed by atoms with Crippen molar-refractivity contribution in [2.45, 2.75) is 38.6 Å². The molecule has 2 heterocycles. The summed E-state index contributed by atoms with van der Waals surface area (Å²) in [6, 6.07) is 4.30. The van der Waals surface area contributed by atoms with Crippen molar-refractivity contribution >= 4 is 17.5 Å². The minimum absolute atomic E-state index is 0.177. The SMILES string of the molecule is CC(C)n1ccnc1C1CCCN(C(=O)c2cc(F)cc(Cl)c2)C1. The summed E-state index contributed by atoms with van der Waals surface area (Å²) in [5, 5.41) is 0.238. The van der Waals surface area contributed by atoms with E-state index in [1.54, 1.807) is 4.90 Å². The van der Waals surface area contributed by atoms with Gasteiger partial charge in [0.2, 0.25) is 0 Å². The van der Waals surface area contributed by atoms with Crippen LogP contribution in [0.4, 0.5) is 4.39 Å². The highest BCUT2D eigenvalue weighted by Gasteiger charge is 2.28. The van der Waals surface area contributed by atoms with Gasteiger partial charge in [-0.25, -0.2) is 9.37 Å². The highest BCUT2D eigenvalue weighted by Crippen LogP contribution is 2.28. The van der Waals surface area contributed by atoms with E-state index in [1.807, 2.05) is 12.4 Å².